The van der Waals surface area contributed by atoms with Crippen molar-refractivity contribution >= 4 is 51.1 Å². The number of carbonyl (C=O) groups is 1. The third-order valence-corrected chi connectivity index (χ3v) is 9.44. The van der Waals surface area contributed by atoms with Crippen molar-refractivity contribution in [3.63, 3.8) is 0 Å². The molecule has 4 aromatic carbocycles. The molecule has 45 heavy (non-hydrogen) atoms. The zero-order valence-electron chi connectivity index (χ0n) is 25.5. The molecule has 1 amide bonds. The molecule has 0 atom stereocenters. The summed E-state index contributed by atoms with van der Waals surface area (Å²) in [5.41, 5.74) is 4.69. The van der Waals surface area contributed by atoms with Crippen LogP contribution in [0.2, 0.25) is 0 Å². The summed E-state index contributed by atoms with van der Waals surface area (Å²) in [5.74, 6) is 0.764. The van der Waals surface area contributed by atoms with Crippen LogP contribution in [0.1, 0.15) is 56.6 Å². The number of carbonyl (C=O) groups excluding carboxylic acids is 1. The second-order valence-corrected chi connectivity index (χ2v) is 12.9. The van der Waals surface area contributed by atoms with E-state index in [1.165, 1.54) is 48.2 Å². The second kappa shape index (κ2) is 14.7. The predicted octanol–water partition coefficient (Wildman–Crippen LogP) is 9.83. The Labute approximate surface area is 274 Å². The Kier molecular flexibility index (Phi) is 10.1. The third-order valence-electron chi connectivity index (χ3n) is 8.06. The summed E-state index contributed by atoms with van der Waals surface area (Å²) in [6.07, 6.45) is 11.0. The standard InChI is InChI=1S/C38H37N3O2S2/c1-2-3-4-5-6-12-24-40-37(42)35(45-38(40)44)25-31-26-41(32-17-8-7-9-18-32)39-36(31)29-20-22-33(23-21-29)43-27-30-16-13-15-28-14-10-11-19-34(28)30/h7-11,13-23,25-26H,2-6,12,24,27H2,1H3/b35-25-. The Morgan fingerprint density at radius 2 is 1.58 bits per heavy atom. The van der Waals surface area contributed by atoms with Crippen LogP contribution in [0.25, 0.3) is 33.8 Å². The minimum atomic E-state index is -0.0193. The highest BCUT2D eigenvalue weighted by atomic mass is 32.2. The number of fused-ring (bicyclic) bond motifs is 1. The van der Waals surface area contributed by atoms with Crippen molar-refractivity contribution in [3.05, 3.63) is 119 Å². The number of unbranched alkanes of at least 4 members (excludes halogenated alkanes) is 5. The monoisotopic (exact) mass is 631 g/mol. The molecule has 6 rings (SSSR count). The number of amides is 1. The van der Waals surface area contributed by atoms with Gasteiger partial charge in [0.2, 0.25) is 0 Å². The maximum absolute atomic E-state index is 13.4. The smallest absolute Gasteiger partial charge is 0.266 e. The van der Waals surface area contributed by atoms with Crippen LogP contribution in [-0.2, 0) is 11.4 Å². The van der Waals surface area contributed by atoms with Crippen LogP contribution >= 0.6 is 24.0 Å². The van der Waals surface area contributed by atoms with Crippen LogP contribution in [0.3, 0.4) is 0 Å². The summed E-state index contributed by atoms with van der Waals surface area (Å²) in [6.45, 7) is 3.37. The first-order valence-corrected chi connectivity index (χ1v) is 16.9. The highest BCUT2D eigenvalue weighted by Crippen LogP contribution is 2.35. The SMILES string of the molecule is CCCCCCCCN1C(=O)/C(=C/c2cn(-c3ccccc3)nc2-c2ccc(OCc3cccc4ccccc34)cc2)SC1=S. The minimum Gasteiger partial charge on any atom is -0.489 e. The van der Waals surface area contributed by atoms with Gasteiger partial charge in [-0.3, -0.25) is 9.69 Å². The summed E-state index contributed by atoms with van der Waals surface area (Å²) in [6, 6.07) is 32.7. The number of para-hydroxylation sites is 1. The quantitative estimate of drug-likeness (QED) is 0.0735. The van der Waals surface area contributed by atoms with Crippen molar-refractivity contribution < 1.29 is 9.53 Å². The molecule has 2 heterocycles. The Morgan fingerprint density at radius 3 is 2.40 bits per heavy atom. The summed E-state index contributed by atoms with van der Waals surface area (Å²) >= 11 is 7.01. The fraction of sp³-hybridized carbons (Fsp3) is 0.237. The third kappa shape index (κ3) is 7.38. The number of aromatic nitrogens is 2. The van der Waals surface area contributed by atoms with E-state index in [9.17, 15) is 4.79 Å². The van der Waals surface area contributed by atoms with Gasteiger partial charge in [0.1, 0.15) is 16.7 Å². The molecule has 228 valence electrons. The Bertz CT molecular complexity index is 1810. The zero-order chi connectivity index (χ0) is 31.0. The molecule has 1 fully saturated rings. The summed E-state index contributed by atoms with van der Waals surface area (Å²) in [7, 11) is 0. The number of thioether (sulfide) groups is 1. The van der Waals surface area contributed by atoms with Gasteiger partial charge in [0.25, 0.3) is 5.91 Å². The summed E-state index contributed by atoms with van der Waals surface area (Å²) < 4.78 is 8.69. The number of thiocarbonyl (C=S) groups is 1. The number of hydrogen-bond donors (Lipinski definition) is 0. The average molecular weight is 632 g/mol. The summed E-state index contributed by atoms with van der Waals surface area (Å²) in [4.78, 5) is 15.8. The van der Waals surface area contributed by atoms with Gasteiger partial charge in [0.15, 0.2) is 0 Å². The molecule has 5 nitrogen and oxygen atoms in total. The topological polar surface area (TPSA) is 47.4 Å². The lowest BCUT2D eigenvalue weighted by Crippen LogP contribution is -2.29. The molecule has 1 saturated heterocycles. The molecule has 0 aliphatic carbocycles. The molecule has 0 bridgehead atoms. The van der Waals surface area contributed by atoms with Crippen LogP contribution in [0, 0.1) is 0 Å². The first kappa shape index (κ1) is 30.8. The minimum absolute atomic E-state index is 0.0193. The van der Waals surface area contributed by atoms with E-state index in [2.05, 4.69) is 49.4 Å². The van der Waals surface area contributed by atoms with Crippen molar-refractivity contribution in [1.29, 1.82) is 0 Å². The van der Waals surface area contributed by atoms with Crippen molar-refractivity contribution in [2.45, 2.75) is 52.1 Å². The Morgan fingerprint density at radius 1 is 0.844 bits per heavy atom. The largest absolute Gasteiger partial charge is 0.489 e. The number of ether oxygens (including phenoxy) is 1. The van der Waals surface area contributed by atoms with Gasteiger partial charge < -0.3 is 4.74 Å². The van der Waals surface area contributed by atoms with E-state index < -0.39 is 0 Å². The molecule has 7 heteroatoms. The van der Waals surface area contributed by atoms with E-state index >= 15 is 0 Å². The molecule has 5 aromatic rings. The van der Waals surface area contributed by atoms with Crippen LogP contribution in [0.15, 0.2) is 108 Å². The molecular formula is C38H37N3O2S2. The lowest BCUT2D eigenvalue weighted by molar-refractivity contribution is -0.122. The molecule has 1 aromatic heterocycles. The highest BCUT2D eigenvalue weighted by Gasteiger charge is 2.32. The lowest BCUT2D eigenvalue weighted by Gasteiger charge is -2.14. The number of benzene rings is 4. The first-order chi connectivity index (χ1) is 22.1. The average Bonchev–Trinajstić information content (AvgIpc) is 3.62. The maximum Gasteiger partial charge on any atom is 0.266 e. The fourth-order valence-electron chi connectivity index (χ4n) is 5.60. The van der Waals surface area contributed by atoms with E-state index in [1.807, 2.05) is 71.6 Å². The normalized spacial score (nSPS) is 14.2. The van der Waals surface area contributed by atoms with Gasteiger partial charge in [-0.05, 0) is 65.2 Å². The fourth-order valence-corrected chi connectivity index (χ4v) is 6.90. The maximum atomic E-state index is 13.4. The van der Waals surface area contributed by atoms with Gasteiger partial charge in [-0.25, -0.2) is 4.68 Å². The molecular weight excluding hydrogens is 595 g/mol. The first-order valence-electron chi connectivity index (χ1n) is 15.7. The molecule has 0 N–H and O–H groups in total. The van der Waals surface area contributed by atoms with Gasteiger partial charge in [-0.2, -0.15) is 5.10 Å². The van der Waals surface area contributed by atoms with Crippen LogP contribution in [0.5, 0.6) is 5.75 Å². The van der Waals surface area contributed by atoms with Crippen molar-refractivity contribution in [2.24, 2.45) is 0 Å². The van der Waals surface area contributed by atoms with Crippen LogP contribution in [-0.4, -0.2) is 31.5 Å². The highest BCUT2D eigenvalue weighted by molar-refractivity contribution is 8.26. The van der Waals surface area contributed by atoms with Crippen LogP contribution in [0.4, 0.5) is 0 Å². The molecule has 1 aliphatic heterocycles. The van der Waals surface area contributed by atoms with Crippen molar-refractivity contribution in [3.8, 4) is 22.7 Å². The molecule has 0 saturated carbocycles. The van der Waals surface area contributed by atoms with Gasteiger partial charge in [0, 0.05) is 23.9 Å². The molecule has 0 unspecified atom stereocenters. The van der Waals surface area contributed by atoms with Gasteiger partial charge in [-0.1, -0.05) is 124 Å². The van der Waals surface area contributed by atoms with Crippen molar-refractivity contribution in [2.75, 3.05) is 6.54 Å². The molecule has 0 spiro atoms. The van der Waals surface area contributed by atoms with E-state index in [1.54, 1.807) is 4.90 Å². The number of nitrogens with zero attached hydrogens (tertiary/aromatic N) is 3. The lowest BCUT2D eigenvalue weighted by atomic mass is 10.1. The van der Waals surface area contributed by atoms with Crippen LogP contribution < -0.4 is 4.74 Å². The van der Waals surface area contributed by atoms with E-state index in [0.29, 0.717) is 22.4 Å². The Balaban J connectivity index is 1.21. The number of rotatable bonds is 13. The van der Waals surface area contributed by atoms with Gasteiger partial charge in [0.05, 0.1) is 16.3 Å². The predicted molar refractivity (Wildman–Crippen MR) is 191 cm³/mol. The molecule has 0 radical (unpaired) electrons. The van der Waals surface area contributed by atoms with E-state index in [-0.39, 0.29) is 5.91 Å². The van der Waals surface area contributed by atoms with E-state index in [4.69, 9.17) is 22.1 Å². The Hall–Kier alpha value is -4.20. The summed E-state index contributed by atoms with van der Waals surface area (Å²) in [5, 5.41) is 7.37. The van der Waals surface area contributed by atoms with Gasteiger partial charge in [-0.15, -0.1) is 0 Å². The van der Waals surface area contributed by atoms with E-state index in [0.717, 1.165) is 46.7 Å². The zero-order valence-corrected chi connectivity index (χ0v) is 27.2. The number of hydrogen-bond acceptors (Lipinski definition) is 5. The van der Waals surface area contributed by atoms with Gasteiger partial charge >= 0.3 is 0 Å². The molecule has 1 aliphatic rings. The van der Waals surface area contributed by atoms with Crippen molar-refractivity contribution in [1.82, 2.24) is 14.7 Å². The second-order valence-electron chi connectivity index (χ2n) is 11.3.